The molecule has 3 heteroatoms. The molecule has 0 radical (unpaired) electrons. The van der Waals surface area contributed by atoms with Gasteiger partial charge in [-0.25, -0.2) is 0 Å². The van der Waals surface area contributed by atoms with E-state index in [0.717, 1.165) is 0 Å². The molecular formula is C14H28N2O. The number of hydrogen-bond acceptors (Lipinski definition) is 3. The molecule has 1 aromatic carbocycles. The number of hydrogen-bond donors (Lipinski definition) is 2. The Morgan fingerprint density at radius 1 is 1.18 bits per heavy atom. The molecule has 0 aliphatic rings. The molecule has 0 heterocycles. The van der Waals surface area contributed by atoms with Crippen LogP contribution in [0.3, 0.4) is 0 Å². The van der Waals surface area contributed by atoms with E-state index >= 15 is 0 Å². The molecule has 0 atom stereocenters. The molecule has 3 nitrogen and oxygen atoms in total. The maximum Gasteiger partial charge on any atom is 0.133 e. The van der Waals surface area contributed by atoms with Gasteiger partial charge < -0.3 is 15.8 Å². The first-order valence-electron chi connectivity index (χ1n) is 5.88. The molecule has 0 saturated heterocycles. The van der Waals surface area contributed by atoms with E-state index in [0.29, 0.717) is 6.29 Å². The summed E-state index contributed by atoms with van der Waals surface area (Å²) in [5.41, 5.74) is 5.98. The van der Waals surface area contributed by atoms with Crippen LogP contribution in [0.4, 0.5) is 0 Å². The fourth-order valence-corrected chi connectivity index (χ4v) is 0.534. The smallest absolute Gasteiger partial charge is 0.133 e. The molecule has 0 bridgehead atoms. The lowest BCUT2D eigenvalue weighted by atomic mass is 10.2. The Balaban J connectivity index is -0.000000170. The molecule has 3 N–H and O–H groups in total. The van der Waals surface area contributed by atoms with E-state index in [-0.39, 0.29) is 6.54 Å². The van der Waals surface area contributed by atoms with E-state index in [1.54, 1.807) is 0 Å². The zero-order valence-electron chi connectivity index (χ0n) is 11.9. The summed E-state index contributed by atoms with van der Waals surface area (Å²) in [6.07, 6.45) is 1.90. The van der Waals surface area contributed by atoms with Gasteiger partial charge in [-0.2, -0.15) is 0 Å². The quantitative estimate of drug-likeness (QED) is 0.741. The van der Waals surface area contributed by atoms with Gasteiger partial charge in [0.1, 0.15) is 6.29 Å². The van der Waals surface area contributed by atoms with Crippen molar-refractivity contribution in [1.82, 2.24) is 5.32 Å². The lowest BCUT2D eigenvalue weighted by molar-refractivity contribution is -0.106. The molecule has 17 heavy (non-hydrogen) atoms. The van der Waals surface area contributed by atoms with Gasteiger partial charge in [0, 0.05) is 6.54 Å². The lowest BCUT2D eigenvalue weighted by Gasteiger charge is -1.82. The van der Waals surface area contributed by atoms with Crippen LogP contribution >= 0.6 is 0 Å². The first kappa shape index (κ1) is 21.1. The summed E-state index contributed by atoms with van der Waals surface area (Å²) in [7, 11) is 3.75. The van der Waals surface area contributed by atoms with E-state index in [4.69, 9.17) is 4.79 Å². The van der Waals surface area contributed by atoms with Gasteiger partial charge in [0.2, 0.25) is 0 Å². The highest BCUT2D eigenvalue weighted by Gasteiger charge is 1.72. The van der Waals surface area contributed by atoms with Crippen LogP contribution in [0.15, 0.2) is 30.3 Å². The second-order valence-corrected chi connectivity index (χ2v) is 3.26. The van der Waals surface area contributed by atoms with Crippen LogP contribution in [0.1, 0.15) is 25.8 Å². The highest BCUT2D eigenvalue weighted by atomic mass is 16.1. The van der Waals surface area contributed by atoms with E-state index in [1.807, 2.05) is 32.3 Å². The van der Waals surface area contributed by atoms with E-state index in [9.17, 15) is 0 Å². The highest BCUT2D eigenvalue weighted by molar-refractivity contribution is 5.51. The summed E-state index contributed by atoms with van der Waals surface area (Å²) >= 11 is 0. The van der Waals surface area contributed by atoms with Crippen LogP contribution in [0.25, 0.3) is 0 Å². The third kappa shape index (κ3) is 39.8. The molecule has 0 fully saturated rings. The van der Waals surface area contributed by atoms with Gasteiger partial charge in [0.15, 0.2) is 0 Å². The zero-order valence-corrected chi connectivity index (χ0v) is 11.9. The van der Waals surface area contributed by atoms with Crippen molar-refractivity contribution in [3.8, 4) is 0 Å². The summed E-state index contributed by atoms with van der Waals surface area (Å²) in [6.45, 7) is 6.47. The number of rotatable bonds is 1. The monoisotopic (exact) mass is 240 g/mol. The predicted octanol–water partition coefficient (Wildman–Crippen LogP) is 2.39. The molecule has 0 aliphatic carbocycles. The largest absolute Gasteiger partial charge is 0.324 e. The van der Waals surface area contributed by atoms with Gasteiger partial charge in [-0.1, -0.05) is 56.2 Å². The Hall–Kier alpha value is -1.19. The maximum atomic E-state index is 9.05. The molecule has 0 unspecified atom stereocenters. The van der Waals surface area contributed by atoms with Crippen molar-refractivity contribution in [3.63, 3.8) is 0 Å². The summed E-state index contributed by atoms with van der Waals surface area (Å²) in [5.74, 6) is 0. The summed E-state index contributed by atoms with van der Waals surface area (Å²) in [4.78, 5) is 9.05. The Bertz CT molecular complexity index is 211. The number of aldehydes is 1. The van der Waals surface area contributed by atoms with Crippen LogP contribution in [0.2, 0.25) is 0 Å². The van der Waals surface area contributed by atoms with E-state index < -0.39 is 0 Å². The van der Waals surface area contributed by atoms with E-state index in [1.165, 1.54) is 12.0 Å². The van der Waals surface area contributed by atoms with Crippen LogP contribution in [-0.4, -0.2) is 26.9 Å². The van der Waals surface area contributed by atoms with Gasteiger partial charge in [-0.05, 0) is 21.0 Å². The summed E-state index contributed by atoms with van der Waals surface area (Å²) < 4.78 is 0. The number of carbonyl (C=O) groups is 1. The normalized spacial score (nSPS) is 7.18. The second-order valence-electron chi connectivity index (χ2n) is 3.26. The Morgan fingerprint density at radius 3 is 1.59 bits per heavy atom. The zero-order chi connectivity index (χ0) is 13.9. The van der Waals surface area contributed by atoms with Crippen molar-refractivity contribution in [1.29, 1.82) is 0 Å². The molecule has 0 aromatic heterocycles. The van der Waals surface area contributed by atoms with Gasteiger partial charge in [0.05, 0.1) is 0 Å². The van der Waals surface area contributed by atoms with Gasteiger partial charge in [-0.3, -0.25) is 0 Å². The molecule has 0 amide bonds. The SMILES string of the molecule is CCC.CNC.Cc1ccccc1.NCC=O. The average molecular weight is 240 g/mol. The van der Waals surface area contributed by atoms with Crippen LogP contribution < -0.4 is 11.1 Å². The van der Waals surface area contributed by atoms with E-state index in [2.05, 4.69) is 44.0 Å². The van der Waals surface area contributed by atoms with Crippen LogP contribution in [-0.2, 0) is 4.79 Å². The molecular weight excluding hydrogens is 212 g/mol. The average Bonchev–Trinajstić information content (AvgIpc) is 2.32. The third-order valence-electron chi connectivity index (χ3n) is 1.04. The lowest BCUT2D eigenvalue weighted by Crippen LogP contribution is -1.97. The number of nitrogens with one attached hydrogen (secondary N) is 1. The van der Waals surface area contributed by atoms with Crippen molar-refractivity contribution < 1.29 is 4.79 Å². The van der Waals surface area contributed by atoms with Gasteiger partial charge >= 0.3 is 0 Å². The Labute approximate surface area is 106 Å². The maximum absolute atomic E-state index is 9.05. The number of carbonyl (C=O) groups excluding carboxylic acids is 1. The van der Waals surface area contributed by atoms with Gasteiger partial charge in [-0.15, -0.1) is 0 Å². The highest BCUT2D eigenvalue weighted by Crippen LogP contribution is 1.92. The fourth-order valence-electron chi connectivity index (χ4n) is 0.534. The van der Waals surface area contributed by atoms with Crippen LogP contribution in [0, 0.1) is 6.92 Å². The number of nitrogens with two attached hydrogens (primary N) is 1. The molecule has 1 aromatic rings. The van der Waals surface area contributed by atoms with Crippen molar-refractivity contribution in [2.75, 3.05) is 20.6 Å². The summed E-state index contributed by atoms with van der Waals surface area (Å²) in [6, 6.07) is 10.3. The van der Waals surface area contributed by atoms with Crippen molar-refractivity contribution in [3.05, 3.63) is 35.9 Å². The molecule has 0 spiro atoms. The Kier molecular flexibility index (Phi) is 30.0. The number of benzene rings is 1. The number of aryl methyl sites for hydroxylation is 1. The van der Waals surface area contributed by atoms with Crippen LogP contribution in [0.5, 0.6) is 0 Å². The second kappa shape index (κ2) is 24.2. The van der Waals surface area contributed by atoms with Crippen molar-refractivity contribution in [2.24, 2.45) is 5.73 Å². The van der Waals surface area contributed by atoms with Gasteiger partial charge in [0.25, 0.3) is 0 Å². The van der Waals surface area contributed by atoms with Crippen molar-refractivity contribution in [2.45, 2.75) is 27.2 Å². The molecule has 0 aliphatic heterocycles. The first-order valence-corrected chi connectivity index (χ1v) is 5.88. The first-order chi connectivity index (χ1) is 8.14. The minimum Gasteiger partial charge on any atom is -0.324 e. The summed E-state index contributed by atoms with van der Waals surface area (Å²) in [5, 5.41) is 2.75. The van der Waals surface area contributed by atoms with Crippen molar-refractivity contribution >= 4 is 6.29 Å². The molecule has 0 saturated carbocycles. The predicted molar refractivity (Wildman–Crippen MR) is 77.2 cm³/mol. The Morgan fingerprint density at radius 2 is 1.47 bits per heavy atom. The third-order valence-corrected chi connectivity index (χ3v) is 1.04. The minimum absolute atomic E-state index is 0.139. The topological polar surface area (TPSA) is 55.1 Å². The molecule has 1 rings (SSSR count). The minimum atomic E-state index is 0.139. The fraction of sp³-hybridized carbons (Fsp3) is 0.500. The standard InChI is InChI=1S/C7H8.C3H8.C2H5NO.C2H7N/c1-7-5-3-2-4-6-7;1-3-2;3-1-2-4;1-3-2/h2-6H,1H3;3H2,1-2H3;2H,1,3H2;3H,1-2H3. The molecule has 100 valence electrons.